The van der Waals surface area contributed by atoms with E-state index in [4.69, 9.17) is 16.6 Å². The third-order valence-corrected chi connectivity index (χ3v) is 7.94. The van der Waals surface area contributed by atoms with Gasteiger partial charge in [0.1, 0.15) is 0 Å². The molecule has 33 heavy (non-hydrogen) atoms. The van der Waals surface area contributed by atoms with Crippen LogP contribution >= 0.6 is 22.9 Å². The second-order valence-electron chi connectivity index (χ2n) is 8.49. The summed E-state index contributed by atoms with van der Waals surface area (Å²) in [5.41, 5.74) is 2.73. The van der Waals surface area contributed by atoms with Crippen LogP contribution in [0.3, 0.4) is 0 Å². The first-order valence-electron chi connectivity index (χ1n) is 10.5. The third kappa shape index (κ3) is 5.43. The SMILES string of the molecule is CC(C)C1c2nc(C(=O)NCc3ccc(S(C)(=O)=O)cc3)sc2CN1Cc1ccc(Cl)cn1. The highest BCUT2D eigenvalue weighted by Crippen LogP contribution is 2.41. The van der Waals surface area contributed by atoms with Gasteiger partial charge in [-0.05, 0) is 35.7 Å². The number of carbonyl (C=O) groups excluding carboxylic acids is 1. The van der Waals surface area contributed by atoms with E-state index >= 15 is 0 Å². The zero-order chi connectivity index (χ0) is 23.8. The first kappa shape index (κ1) is 23.8. The van der Waals surface area contributed by atoms with E-state index in [0.29, 0.717) is 29.0 Å². The largest absolute Gasteiger partial charge is 0.346 e. The number of rotatable bonds is 7. The number of pyridine rings is 1. The number of amides is 1. The van der Waals surface area contributed by atoms with E-state index in [9.17, 15) is 13.2 Å². The minimum Gasteiger partial charge on any atom is -0.346 e. The molecule has 2 aromatic heterocycles. The molecule has 3 heterocycles. The monoisotopic (exact) mass is 504 g/mol. The van der Waals surface area contributed by atoms with Gasteiger partial charge in [-0.2, -0.15) is 0 Å². The van der Waals surface area contributed by atoms with Gasteiger partial charge >= 0.3 is 0 Å². The van der Waals surface area contributed by atoms with Crippen molar-refractivity contribution in [1.29, 1.82) is 0 Å². The molecule has 174 valence electrons. The number of fused-ring (bicyclic) bond motifs is 1. The number of carbonyl (C=O) groups is 1. The van der Waals surface area contributed by atoms with Crippen molar-refractivity contribution in [3.05, 3.63) is 74.5 Å². The highest BCUT2D eigenvalue weighted by atomic mass is 35.5. The Bertz CT molecular complexity index is 1260. The van der Waals surface area contributed by atoms with E-state index in [2.05, 4.69) is 29.0 Å². The molecule has 0 aliphatic carbocycles. The molecule has 1 aromatic carbocycles. The van der Waals surface area contributed by atoms with Gasteiger partial charge in [-0.3, -0.25) is 14.7 Å². The molecule has 4 rings (SSSR count). The Morgan fingerprint density at radius 2 is 1.97 bits per heavy atom. The average Bonchev–Trinajstić information content (AvgIpc) is 3.30. The van der Waals surface area contributed by atoms with Crippen molar-refractivity contribution in [2.75, 3.05) is 6.26 Å². The number of nitrogens with zero attached hydrogens (tertiary/aromatic N) is 3. The lowest BCUT2D eigenvalue weighted by atomic mass is 10.0. The molecule has 0 radical (unpaired) electrons. The summed E-state index contributed by atoms with van der Waals surface area (Å²) in [6.07, 6.45) is 2.82. The van der Waals surface area contributed by atoms with Gasteiger partial charge in [-0.15, -0.1) is 11.3 Å². The molecule has 0 fully saturated rings. The van der Waals surface area contributed by atoms with E-state index < -0.39 is 9.84 Å². The lowest BCUT2D eigenvalue weighted by Gasteiger charge is -2.27. The van der Waals surface area contributed by atoms with Gasteiger partial charge in [0, 0.05) is 37.0 Å². The summed E-state index contributed by atoms with van der Waals surface area (Å²) < 4.78 is 23.2. The number of hydrogen-bond donors (Lipinski definition) is 1. The number of aromatic nitrogens is 2. The van der Waals surface area contributed by atoms with Crippen molar-refractivity contribution in [2.45, 2.75) is 44.4 Å². The molecule has 1 atom stereocenters. The normalized spacial score (nSPS) is 16.2. The molecular formula is C23H25ClN4O3S2. The van der Waals surface area contributed by atoms with Crippen molar-refractivity contribution >= 4 is 38.7 Å². The summed E-state index contributed by atoms with van der Waals surface area (Å²) >= 11 is 7.38. The maximum atomic E-state index is 12.7. The fourth-order valence-corrected chi connectivity index (χ4v) is 5.76. The van der Waals surface area contributed by atoms with Crippen LogP contribution in [0.25, 0.3) is 0 Å². The maximum Gasteiger partial charge on any atom is 0.280 e. The van der Waals surface area contributed by atoms with Crippen molar-refractivity contribution in [3.8, 4) is 0 Å². The van der Waals surface area contributed by atoms with Crippen LogP contribution in [-0.4, -0.2) is 35.4 Å². The van der Waals surface area contributed by atoms with Gasteiger partial charge in [-0.1, -0.05) is 37.6 Å². The number of thiazole rings is 1. The fourth-order valence-electron chi connectivity index (χ4n) is 3.97. The van der Waals surface area contributed by atoms with Crippen LogP contribution in [0.2, 0.25) is 5.02 Å². The topological polar surface area (TPSA) is 92.3 Å². The Labute approximate surface area is 202 Å². The molecule has 1 amide bonds. The van der Waals surface area contributed by atoms with Crippen LogP contribution in [0, 0.1) is 5.92 Å². The van der Waals surface area contributed by atoms with Crippen molar-refractivity contribution < 1.29 is 13.2 Å². The Hall–Kier alpha value is -2.33. The molecule has 0 spiro atoms. The van der Waals surface area contributed by atoms with E-state index in [1.165, 1.54) is 17.6 Å². The van der Waals surface area contributed by atoms with Gasteiger partial charge in [0.2, 0.25) is 0 Å². The maximum absolute atomic E-state index is 12.7. The standard InChI is InChI=1S/C23H25ClN4O3S2/c1-14(2)21-20-19(13-28(21)12-17-7-6-16(24)11-25-17)32-23(27-20)22(29)26-10-15-4-8-18(9-5-15)33(3,30)31/h4-9,11,14,21H,10,12-13H2,1-3H3,(H,26,29). The van der Waals surface area contributed by atoms with Crippen LogP contribution in [0.1, 0.15) is 51.5 Å². The quantitative estimate of drug-likeness (QED) is 0.517. The molecule has 1 aliphatic rings. The molecule has 0 saturated heterocycles. The molecule has 0 saturated carbocycles. The second-order valence-corrected chi connectivity index (χ2v) is 12.0. The molecular weight excluding hydrogens is 480 g/mol. The van der Waals surface area contributed by atoms with E-state index in [0.717, 1.165) is 28.4 Å². The molecule has 1 N–H and O–H groups in total. The summed E-state index contributed by atoms with van der Waals surface area (Å²) in [4.78, 5) is 25.5. The smallest absolute Gasteiger partial charge is 0.280 e. The summed E-state index contributed by atoms with van der Waals surface area (Å²) in [5.74, 6) is 0.0972. The molecule has 10 heteroatoms. The summed E-state index contributed by atoms with van der Waals surface area (Å²) in [7, 11) is -3.24. The number of hydrogen-bond acceptors (Lipinski definition) is 7. The Balaban J connectivity index is 1.43. The van der Waals surface area contributed by atoms with Crippen LogP contribution < -0.4 is 5.32 Å². The third-order valence-electron chi connectivity index (χ3n) is 5.53. The van der Waals surface area contributed by atoms with Gasteiger partial charge in [0.15, 0.2) is 14.8 Å². The number of sulfone groups is 1. The number of nitrogens with one attached hydrogen (secondary N) is 1. The molecule has 0 bridgehead atoms. The molecule has 3 aromatic rings. The van der Waals surface area contributed by atoms with E-state index in [1.807, 2.05) is 12.1 Å². The van der Waals surface area contributed by atoms with E-state index in [1.54, 1.807) is 30.5 Å². The summed E-state index contributed by atoms with van der Waals surface area (Å²) in [5, 5.41) is 3.95. The van der Waals surface area contributed by atoms with Gasteiger partial charge in [0.25, 0.3) is 5.91 Å². The lowest BCUT2D eigenvalue weighted by molar-refractivity contribution is 0.0949. The lowest BCUT2D eigenvalue weighted by Crippen LogP contribution is -2.27. The van der Waals surface area contributed by atoms with Crippen LogP contribution in [0.5, 0.6) is 0 Å². The predicted molar refractivity (Wildman–Crippen MR) is 129 cm³/mol. The van der Waals surface area contributed by atoms with Crippen molar-refractivity contribution in [2.24, 2.45) is 5.92 Å². The zero-order valence-electron chi connectivity index (χ0n) is 18.6. The van der Waals surface area contributed by atoms with Crippen molar-refractivity contribution in [1.82, 2.24) is 20.2 Å². The predicted octanol–water partition coefficient (Wildman–Crippen LogP) is 4.24. The highest BCUT2D eigenvalue weighted by Gasteiger charge is 2.36. The van der Waals surface area contributed by atoms with Crippen molar-refractivity contribution in [3.63, 3.8) is 0 Å². The molecule has 1 unspecified atom stereocenters. The number of halogens is 1. The van der Waals surface area contributed by atoms with Gasteiger partial charge in [-0.25, -0.2) is 13.4 Å². The first-order valence-corrected chi connectivity index (χ1v) is 13.6. The Kier molecular flexibility index (Phi) is 6.86. The summed E-state index contributed by atoms with van der Waals surface area (Å²) in [6, 6.07) is 10.4. The average molecular weight is 505 g/mol. The zero-order valence-corrected chi connectivity index (χ0v) is 21.0. The van der Waals surface area contributed by atoms with Crippen LogP contribution in [0.4, 0.5) is 0 Å². The van der Waals surface area contributed by atoms with Crippen LogP contribution in [-0.2, 0) is 29.5 Å². The second kappa shape index (κ2) is 9.50. The molecule has 1 aliphatic heterocycles. The Morgan fingerprint density at radius 3 is 2.58 bits per heavy atom. The Morgan fingerprint density at radius 1 is 1.24 bits per heavy atom. The number of benzene rings is 1. The first-order chi connectivity index (χ1) is 15.6. The minimum atomic E-state index is -3.24. The highest BCUT2D eigenvalue weighted by molar-refractivity contribution is 7.90. The van der Waals surface area contributed by atoms with Crippen LogP contribution in [0.15, 0.2) is 47.5 Å². The van der Waals surface area contributed by atoms with Gasteiger partial charge < -0.3 is 5.32 Å². The molecule has 7 nitrogen and oxygen atoms in total. The summed E-state index contributed by atoms with van der Waals surface area (Å²) in [6.45, 7) is 6.02. The minimum absolute atomic E-state index is 0.110. The van der Waals surface area contributed by atoms with Gasteiger partial charge in [0.05, 0.1) is 27.3 Å². The fraction of sp³-hybridized carbons (Fsp3) is 0.348. The van der Waals surface area contributed by atoms with E-state index in [-0.39, 0.29) is 16.8 Å².